The van der Waals surface area contributed by atoms with Crippen LogP contribution in [0.5, 0.6) is 0 Å². The molecule has 4 nitrogen and oxygen atoms in total. The Kier molecular flexibility index (Phi) is 2.24. The summed E-state index contributed by atoms with van der Waals surface area (Å²) in [4.78, 5) is 15.9. The van der Waals surface area contributed by atoms with Crippen molar-refractivity contribution >= 4 is 5.91 Å². The van der Waals surface area contributed by atoms with E-state index in [0.717, 1.165) is 19.5 Å². The van der Waals surface area contributed by atoms with E-state index in [-0.39, 0.29) is 5.91 Å². The Labute approximate surface area is 94.8 Å². The van der Waals surface area contributed by atoms with Crippen LogP contribution in [0.15, 0.2) is 23.0 Å². The number of likely N-dealkylation sites (tertiary alicyclic amines) is 2. The molecule has 0 bridgehead atoms. The quantitative estimate of drug-likeness (QED) is 0.748. The third kappa shape index (κ3) is 1.45. The number of hydrogen-bond donors (Lipinski definition) is 0. The number of carbonyl (C=O) groups excluding carboxylic acids is 1. The van der Waals surface area contributed by atoms with Crippen LogP contribution in [0.2, 0.25) is 0 Å². The van der Waals surface area contributed by atoms with Crippen molar-refractivity contribution in [2.75, 3.05) is 13.6 Å². The van der Waals surface area contributed by atoms with E-state index in [2.05, 4.69) is 4.90 Å². The van der Waals surface area contributed by atoms with Gasteiger partial charge in [0.05, 0.1) is 12.5 Å². The van der Waals surface area contributed by atoms with E-state index in [1.54, 1.807) is 12.5 Å². The molecule has 0 aromatic carbocycles. The maximum absolute atomic E-state index is 11.6. The standard InChI is InChI=1S/C12H16N2O2/c1-13-10-2-4-14(11(10)6-12(13)15)7-9-3-5-16-8-9/h3,5,8,10-11H,2,4,6-7H2,1H3/t10-,11+/m1/s1. The minimum atomic E-state index is 0.284. The molecular formula is C12H16N2O2. The normalized spacial score (nSPS) is 30.1. The lowest BCUT2D eigenvalue weighted by Gasteiger charge is -2.22. The van der Waals surface area contributed by atoms with E-state index in [1.165, 1.54) is 5.56 Å². The van der Waals surface area contributed by atoms with Crippen LogP contribution in [0.4, 0.5) is 0 Å². The molecule has 0 unspecified atom stereocenters. The number of carbonyl (C=O) groups is 1. The predicted octanol–water partition coefficient (Wildman–Crippen LogP) is 1.08. The second-order valence-electron chi connectivity index (χ2n) is 4.73. The molecule has 0 N–H and O–H groups in total. The Morgan fingerprint density at radius 3 is 3.12 bits per heavy atom. The topological polar surface area (TPSA) is 36.7 Å². The minimum Gasteiger partial charge on any atom is -0.472 e. The van der Waals surface area contributed by atoms with Crippen molar-refractivity contribution in [3.63, 3.8) is 0 Å². The average Bonchev–Trinajstić information content (AvgIpc) is 2.93. The highest BCUT2D eigenvalue weighted by atomic mass is 16.3. The van der Waals surface area contributed by atoms with Crippen LogP contribution in [0.3, 0.4) is 0 Å². The Morgan fingerprint density at radius 2 is 2.38 bits per heavy atom. The highest BCUT2D eigenvalue weighted by Crippen LogP contribution is 2.32. The summed E-state index contributed by atoms with van der Waals surface area (Å²) in [5.41, 5.74) is 1.20. The molecule has 0 radical (unpaired) electrons. The molecule has 16 heavy (non-hydrogen) atoms. The maximum atomic E-state index is 11.6. The van der Waals surface area contributed by atoms with Gasteiger partial charge in [-0.15, -0.1) is 0 Å². The van der Waals surface area contributed by atoms with Gasteiger partial charge in [-0.25, -0.2) is 0 Å². The highest BCUT2D eigenvalue weighted by molar-refractivity contribution is 5.79. The van der Waals surface area contributed by atoms with Gasteiger partial charge in [-0.05, 0) is 12.5 Å². The molecule has 4 heteroatoms. The van der Waals surface area contributed by atoms with Gasteiger partial charge in [0.25, 0.3) is 0 Å². The number of nitrogens with zero attached hydrogens (tertiary/aromatic N) is 2. The summed E-state index contributed by atoms with van der Waals surface area (Å²) in [6.45, 7) is 1.98. The maximum Gasteiger partial charge on any atom is 0.224 e. The van der Waals surface area contributed by atoms with Crippen LogP contribution in [-0.4, -0.2) is 41.4 Å². The highest BCUT2D eigenvalue weighted by Gasteiger charge is 2.44. The molecule has 2 saturated heterocycles. The molecule has 2 aliphatic rings. The molecule has 2 aliphatic heterocycles. The fourth-order valence-corrected chi connectivity index (χ4v) is 2.94. The second-order valence-corrected chi connectivity index (χ2v) is 4.73. The Bertz CT molecular complexity index is 388. The van der Waals surface area contributed by atoms with Crippen molar-refractivity contribution in [1.82, 2.24) is 9.80 Å². The zero-order valence-electron chi connectivity index (χ0n) is 9.43. The summed E-state index contributed by atoms with van der Waals surface area (Å²) in [7, 11) is 1.92. The fraction of sp³-hybridized carbons (Fsp3) is 0.583. The molecule has 1 amide bonds. The number of likely N-dealkylation sites (N-methyl/N-ethyl adjacent to an activating group) is 1. The van der Waals surface area contributed by atoms with Gasteiger partial charge < -0.3 is 9.32 Å². The van der Waals surface area contributed by atoms with E-state index < -0.39 is 0 Å². The molecule has 1 aromatic rings. The first kappa shape index (κ1) is 9.90. The number of fused-ring (bicyclic) bond motifs is 1. The molecule has 2 atom stereocenters. The van der Waals surface area contributed by atoms with Gasteiger partial charge in [-0.1, -0.05) is 0 Å². The van der Waals surface area contributed by atoms with Gasteiger partial charge in [-0.2, -0.15) is 0 Å². The summed E-state index contributed by atoms with van der Waals surface area (Å²) in [5.74, 6) is 0.284. The smallest absolute Gasteiger partial charge is 0.224 e. The van der Waals surface area contributed by atoms with Crippen molar-refractivity contribution in [2.45, 2.75) is 31.5 Å². The van der Waals surface area contributed by atoms with Crippen molar-refractivity contribution in [1.29, 1.82) is 0 Å². The van der Waals surface area contributed by atoms with Crippen molar-refractivity contribution in [3.05, 3.63) is 24.2 Å². The van der Waals surface area contributed by atoms with Crippen molar-refractivity contribution in [2.24, 2.45) is 0 Å². The molecule has 1 aromatic heterocycles. The van der Waals surface area contributed by atoms with Crippen molar-refractivity contribution in [3.8, 4) is 0 Å². The van der Waals surface area contributed by atoms with Crippen LogP contribution >= 0.6 is 0 Å². The van der Waals surface area contributed by atoms with Crippen LogP contribution in [0.1, 0.15) is 18.4 Å². The van der Waals surface area contributed by atoms with Gasteiger partial charge in [0, 0.05) is 44.2 Å². The second kappa shape index (κ2) is 3.63. The summed E-state index contributed by atoms with van der Waals surface area (Å²) in [5, 5.41) is 0. The zero-order chi connectivity index (χ0) is 11.1. The van der Waals surface area contributed by atoms with E-state index in [0.29, 0.717) is 18.5 Å². The van der Waals surface area contributed by atoms with Crippen LogP contribution in [-0.2, 0) is 11.3 Å². The molecular weight excluding hydrogens is 204 g/mol. The third-order valence-corrected chi connectivity index (χ3v) is 3.87. The first-order valence-corrected chi connectivity index (χ1v) is 5.76. The lowest BCUT2D eigenvalue weighted by atomic mass is 10.1. The van der Waals surface area contributed by atoms with Crippen molar-refractivity contribution < 1.29 is 9.21 Å². The molecule has 3 rings (SSSR count). The summed E-state index contributed by atoms with van der Waals surface area (Å²) >= 11 is 0. The molecule has 3 heterocycles. The van der Waals surface area contributed by atoms with Gasteiger partial charge in [0.15, 0.2) is 0 Å². The SMILES string of the molecule is CN1C(=O)C[C@H]2[C@H]1CCN2Cc1ccoc1. The molecule has 0 saturated carbocycles. The van der Waals surface area contributed by atoms with E-state index in [4.69, 9.17) is 4.42 Å². The van der Waals surface area contributed by atoms with E-state index in [1.807, 2.05) is 18.0 Å². The lowest BCUT2D eigenvalue weighted by Crippen LogP contribution is -2.34. The molecule has 2 fully saturated rings. The fourth-order valence-electron chi connectivity index (χ4n) is 2.94. The third-order valence-electron chi connectivity index (χ3n) is 3.87. The molecule has 0 aliphatic carbocycles. The van der Waals surface area contributed by atoms with Crippen LogP contribution in [0, 0.1) is 0 Å². The Hall–Kier alpha value is -1.29. The Balaban J connectivity index is 1.72. The number of hydrogen-bond acceptors (Lipinski definition) is 3. The molecule has 86 valence electrons. The first-order chi connectivity index (χ1) is 7.75. The van der Waals surface area contributed by atoms with E-state index in [9.17, 15) is 4.79 Å². The lowest BCUT2D eigenvalue weighted by molar-refractivity contribution is -0.127. The van der Waals surface area contributed by atoms with Crippen LogP contribution in [0.25, 0.3) is 0 Å². The summed E-state index contributed by atoms with van der Waals surface area (Å²) in [6, 6.07) is 2.83. The molecule has 0 spiro atoms. The number of rotatable bonds is 2. The van der Waals surface area contributed by atoms with Gasteiger partial charge in [0.2, 0.25) is 5.91 Å². The van der Waals surface area contributed by atoms with Gasteiger partial charge in [-0.3, -0.25) is 9.69 Å². The Morgan fingerprint density at radius 1 is 1.50 bits per heavy atom. The van der Waals surface area contributed by atoms with Gasteiger partial charge in [0.1, 0.15) is 0 Å². The summed E-state index contributed by atoms with van der Waals surface area (Å²) in [6.07, 6.45) is 5.27. The monoisotopic (exact) mass is 220 g/mol. The summed E-state index contributed by atoms with van der Waals surface area (Å²) < 4.78 is 5.07. The number of furan rings is 1. The first-order valence-electron chi connectivity index (χ1n) is 5.76. The predicted molar refractivity (Wildman–Crippen MR) is 58.7 cm³/mol. The minimum absolute atomic E-state index is 0.284. The zero-order valence-corrected chi connectivity index (χ0v) is 9.43. The van der Waals surface area contributed by atoms with Crippen LogP contribution < -0.4 is 0 Å². The van der Waals surface area contributed by atoms with E-state index >= 15 is 0 Å². The van der Waals surface area contributed by atoms with Gasteiger partial charge >= 0.3 is 0 Å². The number of amides is 1. The average molecular weight is 220 g/mol. The largest absolute Gasteiger partial charge is 0.472 e.